The number of amides is 1. The van der Waals surface area contributed by atoms with Gasteiger partial charge in [0.25, 0.3) is 5.91 Å². The van der Waals surface area contributed by atoms with Gasteiger partial charge in [0, 0.05) is 17.8 Å². The van der Waals surface area contributed by atoms with Crippen molar-refractivity contribution in [3.05, 3.63) is 59.7 Å². The summed E-state index contributed by atoms with van der Waals surface area (Å²) in [6.45, 7) is 2.92. The Kier molecular flexibility index (Phi) is 4.95. The summed E-state index contributed by atoms with van der Waals surface area (Å²) in [7, 11) is 0. The van der Waals surface area contributed by atoms with E-state index in [1.807, 2.05) is 37.3 Å². The predicted octanol–water partition coefficient (Wildman–Crippen LogP) is 2.70. The van der Waals surface area contributed by atoms with E-state index in [2.05, 4.69) is 0 Å². The van der Waals surface area contributed by atoms with Crippen LogP contribution in [0.4, 0.5) is 5.69 Å². The minimum atomic E-state index is -0.0767. The third-order valence-corrected chi connectivity index (χ3v) is 3.34. The van der Waals surface area contributed by atoms with Gasteiger partial charge < -0.3 is 15.7 Å². The molecule has 0 saturated carbocycles. The van der Waals surface area contributed by atoms with Crippen molar-refractivity contribution in [2.75, 3.05) is 18.0 Å². The number of aromatic hydroxyl groups is 1. The standard InChI is InChI=1S/C17H20N2O2/c1-13-12-15(20)8-9-16(13)17(21)19(11-5-10-18)14-6-3-2-4-7-14/h2-4,6-9,12,20H,5,10-11,18H2,1H3. The molecule has 2 aromatic carbocycles. The lowest BCUT2D eigenvalue weighted by Crippen LogP contribution is -2.33. The normalized spacial score (nSPS) is 10.4. The number of benzene rings is 2. The first-order chi connectivity index (χ1) is 10.1. The molecule has 1 amide bonds. The molecule has 0 heterocycles. The molecule has 21 heavy (non-hydrogen) atoms. The first-order valence-electron chi connectivity index (χ1n) is 7.00. The van der Waals surface area contributed by atoms with Crippen LogP contribution in [0.25, 0.3) is 0 Å². The summed E-state index contributed by atoms with van der Waals surface area (Å²) in [5.41, 5.74) is 7.77. The number of carbonyl (C=O) groups excluding carboxylic acids is 1. The molecule has 0 unspecified atom stereocenters. The number of nitrogens with zero attached hydrogens (tertiary/aromatic N) is 1. The van der Waals surface area contributed by atoms with E-state index in [1.54, 1.807) is 17.0 Å². The fourth-order valence-electron chi connectivity index (χ4n) is 2.24. The Labute approximate surface area is 124 Å². The fourth-order valence-corrected chi connectivity index (χ4v) is 2.24. The monoisotopic (exact) mass is 284 g/mol. The van der Waals surface area contributed by atoms with Crippen molar-refractivity contribution in [3.8, 4) is 5.75 Å². The van der Waals surface area contributed by atoms with Crippen LogP contribution in [0, 0.1) is 6.92 Å². The van der Waals surface area contributed by atoms with Gasteiger partial charge in [-0.15, -0.1) is 0 Å². The highest BCUT2D eigenvalue weighted by Gasteiger charge is 2.18. The molecule has 3 N–H and O–H groups in total. The van der Waals surface area contributed by atoms with E-state index >= 15 is 0 Å². The first-order valence-corrected chi connectivity index (χ1v) is 7.00. The number of phenolic OH excluding ortho intramolecular Hbond substituents is 1. The maximum absolute atomic E-state index is 12.8. The maximum Gasteiger partial charge on any atom is 0.258 e. The van der Waals surface area contributed by atoms with Crippen molar-refractivity contribution in [3.63, 3.8) is 0 Å². The second-order valence-electron chi connectivity index (χ2n) is 4.93. The molecule has 0 fully saturated rings. The number of hydrogen-bond donors (Lipinski definition) is 2. The molecule has 110 valence electrons. The first kappa shape index (κ1) is 15.1. The Balaban J connectivity index is 2.34. The van der Waals surface area contributed by atoms with Gasteiger partial charge in [-0.05, 0) is 55.8 Å². The van der Waals surface area contributed by atoms with Crippen LogP contribution in [0.1, 0.15) is 22.3 Å². The molecule has 0 aliphatic carbocycles. The second kappa shape index (κ2) is 6.90. The molecule has 0 aliphatic rings. The van der Waals surface area contributed by atoms with Crippen molar-refractivity contribution in [1.82, 2.24) is 0 Å². The van der Waals surface area contributed by atoms with E-state index in [-0.39, 0.29) is 11.7 Å². The topological polar surface area (TPSA) is 66.6 Å². The molecule has 4 nitrogen and oxygen atoms in total. The lowest BCUT2D eigenvalue weighted by Gasteiger charge is -2.23. The fraction of sp³-hybridized carbons (Fsp3) is 0.235. The highest BCUT2D eigenvalue weighted by Crippen LogP contribution is 2.21. The molecule has 0 saturated heterocycles. The molecule has 0 aromatic heterocycles. The van der Waals surface area contributed by atoms with Crippen LogP contribution in [0.3, 0.4) is 0 Å². The van der Waals surface area contributed by atoms with Gasteiger partial charge in [0.2, 0.25) is 0 Å². The predicted molar refractivity (Wildman–Crippen MR) is 84.6 cm³/mol. The van der Waals surface area contributed by atoms with Gasteiger partial charge in [0.1, 0.15) is 5.75 Å². The number of aryl methyl sites for hydroxylation is 1. The summed E-state index contributed by atoms with van der Waals surface area (Å²) in [4.78, 5) is 14.5. The van der Waals surface area contributed by atoms with Crippen molar-refractivity contribution >= 4 is 11.6 Å². The molecule has 0 bridgehead atoms. The number of rotatable bonds is 5. The van der Waals surface area contributed by atoms with E-state index in [0.717, 1.165) is 17.7 Å². The number of hydrogen-bond acceptors (Lipinski definition) is 3. The lowest BCUT2D eigenvalue weighted by atomic mass is 10.1. The van der Waals surface area contributed by atoms with Crippen LogP contribution >= 0.6 is 0 Å². The van der Waals surface area contributed by atoms with Crippen LogP contribution in [0.5, 0.6) is 5.75 Å². The number of phenols is 1. The van der Waals surface area contributed by atoms with Gasteiger partial charge in [-0.1, -0.05) is 18.2 Å². The zero-order valence-electron chi connectivity index (χ0n) is 12.1. The lowest BCUT2D eigenvalue weighted by molar-refractivity contribution is 0.0986. The van der Waals surface area contributed by atoms with Crippen LogP contribution in [0.2, 0.25) is 0 Å². The van der Waals surface area contributed by atoms with Gasteiger partial charge in [-0.2, -0.15) is 0 Å². The Morgan fingerprint density at radius 2 is 1.90 bits per heavy atom. The van der Waals surface area contributed by atoms with Gasteiger partial charge >= 0.3 is 0 Å². The van der Waals surface area contributed by atoms with Gasteiger partial charge in [-0.25, -0.2) is 0 Å². The van der Waals surface area contributed by atoms with Crippen LogP contribution < -0.4 is 10.6 Å². The smallest absolute Gasteiger partial charge is 0.258 e. The van der Waals surface area contributed by atoms with Crippen molar-refractivity contribution in [2.24, 2.45) is 5.73 Å². The quantitative estimate of drug-likeness (QED) is 0.887. The highest BCUT2D eigenvalue weighted by atomic mass is 16.3. The molecule has 2 aromatic rings. The van der Waals surface area contributed by atoms with Gasteiger partial charge in [-0.3, -0.25) is 4.79 Å². The Morgan fingerprint density at radius 3 is 2.52 bits per heavy atom. The van der Waals surface area contributed by atoms with E-state index in [4.69, 9.17) is 5.73 Å². The minimum Gasteiger partial charge on any atom is -0.508 e. The molecular weight excluding hydrogens is 264 g/mol. The molecule has 4 heteroatoms. The van der Waals surface area contributed by atoms with Crippen LogP contribution in [-0.2, 0) is 0 Å². The van der Waals surface area contributed by atoms with Crippen molar-refractivity contribution in [1.29, 1.82) is 0 Å². The third kappa shape index (κ3) is 3.61. The van der Waals surface area contributed by atoms with Gasteiger partial charge in [0.15, 0.2) is 0 Å². The largest absolute Gasteiger partial charge is 0.508 e. The van der Waals surface area contributed by atoms with Crippen molar-refractivity contribution in [2.45, 2.75) is 13.3 Å². The zero-order chi connectivity index (χ0) is 15.2. The zero-order valence-corrected chi connectivity index (χ0v) is 12.1. The highest BCUT2D eigenvalue weighted by molar-refractivity contribution is 6.07. The molecule has 0 atom stereocenters. The summed E-state index contributed by atoms with van der Waals surface area (Å²) < 4.78 is 0. The Bertz CT molecular complexity index is 611. The van der Waals surface area contributed by atoms with E-state index in [9.17, 15) is 9.90 Å². The number of anilines is 1. The van der Waals surface area contributed by atoms with Crippen LogP contribution in [0.15, 0.2) is 48.5 Å². The summed E-state index contributed by atoms with van der Waals surface area (Å²) >= 11 is 0. The average Bonchev–Trinajstić information content (AvgIpc) is 2.48. The molecule has 0 aliphatic heterocycles. The molecule has 0 radical (unpaired) electrons. The second-order valence-corrected chi connectivity index (χ2v) is 4.93. The number of carbonyl (C=O) groups is 1. The number of nitrogens with two attached hydrogens (primary N) is 1. The summed E-state index contributed by atoms with van der Waals surface area (Å²) in [5.74, 6) is 0.0874. The van der Waals surface area contributed by atoms with Crippen molar-refractivity contribution < 1.29 is 9.90 Å². The molecule has 2 rings (SSSR count). The summed E-state index contributed by atoms with van der Waals surface area (Å²) in [5, 5.41) is 9.47. The SMILES string of the molecule is Cc1cc(O)ccc1C(=O)N(CCCN)c1ccccc1. The van der Waals surface area contributed by atoms with E-state index in [1.165, 1.54) is 6.07 Å². The minimum absolute atomic E-state index is 0.0767. The average molecular weight is 284 g/mol. The third-order valence-electron chi connectivity index (χ3n) is 3.34. The molecular formula is C17H20N2O2. The summed E-state index contributed by atoms with van der Waals surface area (Å²) in [6.07, 6.45) is 0.734. The molecule has 0 spiro atoms. The summed E-state index contributed by atoms with van der Waals surface area (Å²) in [6, 6.07) is 14.3. The Hall–Kier alpha value is -2.33. The van der Waals surface area contributed by atoms with E-state index < -0.39 is 0 Å². The van der Waals surface area contributed by atoms with Crippen LogP contribution in [-0.4, -0.2) is 24.1 Å². The maximum atomic E-state index is 12.8. The van der Waals surface area contributed by atoms with E-state index in [0.29, 0.717) is 18.7 Å². The van der Waals surface area contributed by atoms with Gasteiger partial charge in [0.05, 0.1) is 0 Å². The Morgan fingerprint density at radius 1 is 1.19 bits per heavy atom. The number of para-hydroxylation sites is 1.